The minimum absolute atomic E-state index is 0.106. The number of benzene rings is 1. The van der Waals surface area contributed by atoms with Gasteiger partial charge in [-0.2, -0.15) is 0 Å². The molecular weight excluding hydrogens is 776 g/mol. The molecule has 0 spiro atoms. The van der Waals surface area contributed by atoms with E-state index in [0.717, 1.165) is 36.1 Å². The Labute approximate surface area is 329 Å². The number of carbonyl (C=O) groups is 7. The molecule has 4 rings (SSSR count). The van der Waals surface area contributed by atoms with Crippen molar-refractivity contribution < 1.29 is 79.5 Å². The van der Waals surface area contributed by atoms with Gasteiger partial charge in [0.15, 0.2) is 6.23 Å². The summed E-state index contributed by atoms with van der Waals surface area (Å²) in [6.45, 7) is 0.122. The van der Waals surface area contributed by atoms with Crippen molar-refractivity contribution in [3.63, 3.8) is 0 Å². The number of phenols is 1. The van der Waals surface area contributed by atoms with Gasteiger partial charge in [0.1, 0.15) is 54.3 Å². The van der Waals surface area contributed by atoms with Crippen molar-refractivity contribution in [2.24, 2.45) is 11.5 Å². The summed E-state index contributed by atoms with van der Waals surface area (Å²) in [5.41, 5.74) is 11.1. The van der Waals surface area contributed by atoms with Gasteiger partial charge < -0.3 is 88.5 Å². The molecule has 322 valence electrons. The first-order valence-electron chi connectivity index (χ1n) is 18.2. The van der Waals surface area contributed by atoms with Crippen LogP contribution in [0.4, 0.5) is 0 Å². The molecule has 14 atom stereocenters. The fourth-order valence-electron chi connectivity index (χ4n) is 6.97. The number of hydrogen-bond donors (Lipinski definition) is 15. The van der Waals surface area contributed by atoms with Gasteiger partial charge in [0.25, 0.3) is 0 Å². The molecule has 1 aromatic rings. The zero-order valence-corrected chi connectivity index (χ0v) is 31.1. The number of nitrogens with zero attached hydrogens (tertiary/aromatic N) is 2. The largest absolute Gasteiger partial charge is 0.508 e. The summed E-state index contributed by atoms with van der Waals surface area (Å²) in [5.74, 6) is -9.08. The average molecular weight is 827 g/mol. The monoisotopic (exact) mass is 826 g/mol. The molecule has 3 aliphatic rings. The summed E-state index contributed by atoms with van der Waals surface area (Å²) in [4.78, 5) is 95.8. The molecule has 3 aliphatic heterocycles. The van der Waals surface area contributed by atoms with Gasteiger partial charge in [0.2, 0.25) is 41.4 Å². The number of nitrogens with one attached hydrogen (secondary N) is 4. The highest BCUT2D eigenvalue weighted by Crippen LogP contribution is 2.26. The zero-order chi connectivity index (χ0) is 43.3. The van der Waals surface area contributed by atoms with Gasteiger partial charge in [-0.05, 0) is 31.0 Å². The minimum Gasteiger partial charge on any atom is -0.508 e. The van der Waals surface area contributed by atoms with Gasteiger partial charge in [-0.1, -0.05) is 12.1 Å². The molecule has 0 bridgehead atoms. The summed E-state index contributed by atoms with van der Waals surface area (Å²) in [6.07, 6.45) is -18.0. The van der Waals surface area contributed by atoms with Crippen molar-refractivity contribution in [3.05, 3.63) is 29.8 Å². The lowest BCUT2D eigenvalue weighted by molar-refractivity contribution is -0.149. The number of aliphatic hydroxyl groups excluding tert-OH is 8. The number of fused-ring (bicyclic) bond motifs is 2. The van der Waals surface area contributed by atoms with Crippen molar-refractivity contribution in [2.45, 2.75) is 118 Å². The lowest BCUT2D eigenvalue weighted by atomic mass is 9.96. The van der Waals surface area contributed by atoms with Crippen LogP contribution in [0.15, 0.2) is 24.3 Å². The number of nitrogens with two attached hydrogens (primary N) is 2. The molecule has 24 heteroatoms. The standard InChI is InChI=1S/C34H50N8O16/c1-12(43)22-33(57)42-11-15(45)8-17(42)29(53)39-24(27(51)26(50)13-2-4-14(44)5-3-13)31(55)38-23(19(47)10-21(36)49)34(58)41-7-6-18(46)25(41)32(56)40-30(54)20(48)9-16(35)28(52)37-22/h2-5,12,15-20,22-27,30,43-48,50-51,54H,6-11,35H2,1H3,(H2,36,49)(H,37,52)(H,38,55)(H,39,53)(H,40,56). The fraction of sp³-hybridized carbons (Fsp3) is 0.618. The van der Waals surface area contributed by atoms with Crippen molar-refractivity contribution in [1.82, 2.24) is 31.1 Å². The van der Waals surface area contributed by atoms with Crippen LogP contribution in [0.2, 0.25) is 0 Å². The predicted octanol–water partition coefficient (Wildman–Crippen LogP) is -8.69. The summed E-state index contributed by atoms with van der Waals surface area (Å²) in [6, 6.07) is -7.07. The first-order valence-corrected chi connectivity index (χ1v) is 18.2. The number of hydrogen-bond acceptors (Lipinski definition) is 17. The smallest absolute Gasteiger partial charge is 0.248 e. The molecule has 17 N–H and O–H groups in total. The molecule has 24 nitrogen and oxygen atoms in total. The fourth-order valence-corrected chi connectivity index (χ4v) is 6.97. The van der Waals surface area contributed by atoms with Crippen LogP contribution >= 0.6 is 0 Å². The van der Waals surface area contributed by atoms with Crippen molar-refractivity contribution in [1.29, 1.82) is 0 Å². The van der Waals surface area contributed by atoms with E-state index in [0.29, 0.717) is 4.90 Å². The molecule has 0 aliphatic carbocycles. The van der Waals surface area contributed by atoms with Crippen LogP contribution in [-0.4, -0.2) is 189 Å². The lowest BCUT2D eigenvalue weighted by Gasteiger charge is -2.34. The van der Waals surface area contributed by atoms with E-state index in [1.165, 1.54) is 0 Å². The van der Waals surface area contributed by atoms with E-state index < -0.39 is 159 Å². The van der Waals surface area contributed by atoms with Crippen LogP contribution in [0.1, 0.15) is 44.3 Å². The Morgan fingerprint density at radius 3 is 1.97 bits per heavy atom. The summed E-state index contributed by atoms with van der Waals surface area (Å²) >= 11 is 0. The second-order valence-corrected chi connectivity index (χ2v) is 14.6. The summed E-state index contributed by atoms with van der Waals surface area (Å²) < 4.78 is 0. The van der Waals surface area contributed by atoms with E-state index in [1.54, 1.807) is 0 Å². The van der Waals surface area contributed by atoms with E-state index in [2.05, 4.69) is 16.0 Å². The molecule has 7 amide bonds. The third-order valence-electron chi connectivity index (χ3n) is 10.2. The number of phenolic OH excluding ortho intramolecular Hbond substituents is 1. The van der Waals surface area contributed by atoms with Gasteiger partial charge in [-0.25, -0.2) is 0 Å². The van der Waals surface area contributed by atoms with Crippen LogP contribution in [0, 0.1) is 0 Å². The van der Waals surface area contributed by atoms with E-state index in [1.807, 2.05) is 5.32 Å². The molecule has 0 aromatic heterocycles. The van der Waals surface area contributed by atoms with Crippen molar-refractivity contribution in [3.8, 4) is 5.75 Å². The molecule has 3 fully saturated rings. The van der Waals surface area contributed by atoms with Gasteiger partial charge in [-0.3, -0.25) is 33.6 Å². The van der Waals surface area contributed by atoms with Crippen LogP contribution in [0.25, 0.3) is 0 Å². The first-order chi connectivity index (χ1) is 27.1. The zero-order valence-electron chi connectivity index (χ0n) is 31.1. The maximum absolute atomic E-state index is 14.1. The summed E-state index contributed by atoms with van der Waals surface area (Å²) in [7, 11) is 0. The van der Waals surface area contributed by atoms with Crippen LogP contribution in [0.3, 0.4) is 0 Å². The van der Waals surface area contributed by atoms with E-state index in [4.69, 9.17) is 11.5 Å². The topological polar surface area (TPSA) is 408 Å². The SMILES string of the molecule is CC(O)C1NC(=O)C(N)CC(O)C(O)NC(=O)C2C(O)CCN2C(=O)C(C(O)CC(N)=O)NC(=O)C(C(O)C(O)c2ccc(O)cc2)NC(=O)C2CC(O)CN2C1=O. The van der Waals surface area contributed by atoms with Crippen molar-refractivity contribution >= 4 is 41.4 Å². The van der Waals surface area contributed by atoms with Gasteiger partial charge in [-0.15, -0.1) is 0 Å². The lowest BCUT2D eigenvalue weighted by Crippen LogP contribution is -2.64. The Morgan fingerprint density at radius 1 is 0.776 bits per heavy atom. The second-order valence-electron chi connectivity index (χ2n) is 14.6. The number of aromatic hydroxyl groups is 1. The molecule has 3 saturated heterocycles. The Hall–Kier alpha value is -5.05. The second kappa shape index (κ2) is 19.1. The molecule has 3 heterocycles. The Kier molecular flexibility index (Phi) is 15.1. The van der Waals surface area contributed by atoms with E-state index in [9.17, 15) is 79.5 Å². The Balaban J connectivity index is 1.83. The number of carbonyl (C=O) groups excluding carboxylic acids is 7. The molecule has 58 heavy (non-hydrogen) atoms. The number of amides is 7. The predicted molar refractivity (Wildman–Crippen MR) is 191 cm³/mol. The summed E-state index contributed by atoms with van der Waals surface area (Å²) in [5, 5.41) is 105. The highest BCUT2D eigenvalue weighted by atomic mass is 16.3. The van der Waals surface area contributed by atoms with Crippen molar-refractivity contribution in [2.75, 3.05) is 13.1 Å². The number of rotatable bonds is 7. The maximum atomic E-state index is 14.1. The van der Waals surface area contributed by atoms with Gasteiger partial charge in [0.05, 0.1) is 36.9 Å². The first kappa shape index (κ1) is 45.6. The Bertz CT molecular complexity index is 1700. The molecule has 14 unspecified atom stereocenters. The van der Waals surface area contributed by atoms with Gasteiger partial charge in [0, 0.05) is 25.9 Å². The third-order valence-corrected chi connectivity index (χ3v) is 10.2. The van der Waals surface area contributed by atoms with Crippen LogP contribution in [0.5, 0.6) is 5.75 Å². The van der Waals surface area contributed by atoms with Crippen LogP contribution < -0.4 is 32.7 Å². The number of aliphatic hydroxyl groups is 8. The Morgan fingerprint density at radius 2 is 1.36 bits per heavy atom. The number of primary amides is 1. The minimum atomic E-state index is -2.33. The molecular formula is C34H50N8O16. The van der Waals surface area contributed by atoms with E-state index >= 15 is 0 Å². The van der Waals surface area contributed by atoms with Crippen LogP contribution in [-0.2, 0) is 33.6 Å². The average Bonchev–Trinajstić information content (AvgIpc) is 3.75. The third kappa shape index (κ3) is 10.5. The molecule has 0 radical (unpaired) electrons. The van der Waals surface area contributed by atoms with E-state index in [-0.39, 0.29) is 17.7 Å². The van der Waals surface area contributed by atoms with Gasteiger partial charge >= 0.3 is 0 Å². The highest BCUT2D eigenvalue weighted by molar-refractivity contribution is 5.98. The maximum Gasteiger partial charge on any atom is 0.248 e. The normalized spacial score (nSPS) is 33.0. The molecule has 1 aromatic carbocycles. The highest BCUT2D eigenvalue weighted by Gasteiger charge is 2.48. The molecule has 0 saturated carbocycles. The quantitative estimate of drug-likeness (QED) is 0.121.